The fourth-order valence-corrected chi connectivity index (χ4v) is 4.47. The summed E-state index contributed by atoms with van der Waals surface area (Å²) in [6.07, 6.45) is 34.1. The van der Waals surface area contributed by atoms with Gasteiger partial charge in [0.05, 0.1) is 0 Å². The molecule has 0 aromatic rings. The molecule has 1 fully saturated rings. The molecule has 148 valence electrons. The van der Waals surface area contributed by atoms with Crippen LogP contribution >= 0.6 is 0 Å². The van der Waals surface area contributed by atoms with Crippen LogP contribution in [0, 0.1) is 5.92 Å². The summed E-state index contributed by atoms with van der Waals surface area (Å²) in [6.45, 7) is 3.50. The molecule has 0 bridgehead atoms. The molecular weight excluding hydrogens is 314 g/mol. The fraction of sp³-hybridized carbons (Fsp3) is 0.760. The molecule has 1 saturated carbocycles. The van der Waals surface area contributed by atoms with E-state index in [9.17, 15) is 0 Å². The molecule has 0 spiro atoms. The van der Waals surface area contributed by atoms with Gasteiger partial charge in [0.2, 0.25) is 0 Å². The topological polar surface area (TPSA) is 3.24 Å². The second-order valence-electron chi connectivity index (χ2n) is 8.38. The maximum atomic E-state index is 2.57. The van der Waals surface area contributed by atoms with Crippen molar-refractivity contribution in [1.29, 1.82) is 0 Å². The van der Waals surface area contributed by atoms with Crippen LogP contribution in [0.25, 0.3) is 0 Å². The van der Waals surface area contributed by atoms with Gasteiger partial charge in [0.15, 0.2) is 0 Å². The normalized spacial score (nSPS) is 18.7. The van der Waals surface area contributed by atoms with Crippen molar-refractivity contribution in [3.8, 4) is 0 Å². The van der Waals surface area contributed by atoms with E-state index >= 15 is 0 Å². The molecule has 0 amide bonds. The van der Waals surface area contributed by atoms with E-state index in [2.05, 4.69) is 42.3 Å². The Morgan fingerprint density at radius 3 is 2.00 bits per heavy atom. The smallest absolute Gasteiger partial charge is 0.0222 e. The third-order valence-corrected chi connectivity index (χ3v) is 6.11. The third-order valence-electron chi connectivity index (χ3n) is 6.11. The van der Waals surface area contributed by atoms with Crippen molar-refractivity contribution in [3.63, 3.8) is 0 Å². The SMILES string of the molecule is CCCCCCCCCCCCN1C=CC=CC=C1C1CCCCCC1. The van der Waals surface area contributed by atoms with Gasteiger partial charge >= 0.3 is 0 Å². The highest BCUT2D eigenvalue weighted by Gasteiger charge is 2.20. The molecule has 0 aromatic carbocycles. The number of hydrogen-bond acceptors (Lipinski definition) is 1. The number of unbranched alkanes of at least 4 members (excludes halogenated alkanes) is 9. The predicted octanol–water partition coefficient (Wildman–Crippen LogP) is 8.15. The summed E-state index contributed by atoms with van der Waals surface area (Å²) in [4.78, 5) is 2.57. The summed E-state index contributed by atoms with van der Waals surface area (Å²) >= 11 is 0. The van der Waals surface area contributed by atoms with Crippen molar-refractivity contribution in [1.82, 2.24) is 4.90 Å². The van der Waals surface area contributed by atoms with Gasteiger partial charge in [-0.3, -0.25) is 0 Å². The number of rotatable bonds is 12. The highest BCUT2D eigenvalue weighted by molar-refractivity contribution is 5.23. The maximum Gasteiger partial charge on any atom is 0.0222 e. The molecule has 2 rings (SSSR count). The Hall–Kier alpha value is -0.980. The van der Waals surface area contributed by atoms with Gasteiger partial charge in [0.1, 0.15) is 0 Å². The van der Waals surface area contributed by atoms with E-state index < -0.39 is 0 Å². The van der Waals surface area contributed by atoms with E-state index in [0.29, 0.717) is 0 Å². The lowest BCUT2D eigenvalue weighted by Crippen LogP contribution is -2.23. The van der Waals surface area contributed by atoms with Gasteiger partial charge < -0.3 is 4.90 Å². The summed E-state index contributed by atoms with van der Waals surface area (Å²) in [6, 6.07) is 0. The zero-order chi connectivity index (χ0) is 18.3. The first-order valence-electron chi connectivity index (χ1n) is 11.7. The minimum absolute atomic E-state index is 0.785. The van der Waals surface area contributed by atoms with Crippen LogP contribution < -0.4 is 0 Å². The van der Waals surface area contributed by atoms with E-state index in [1.165, 1.54) is 109 Å². The van der Waals surface area contributed by atoms with Crippen LogP contribution in [-0.2, 0) is 0 Å². The van der Waals surface area contributed by atoms with Crippen molar-refractivity contribution in [2.75, 3.05) is 6.54 Å². The molecule has 1 heteroatoms. The second-order valence-corrected chi connectivity index (χ2v) is 8.38. The Labute approximate surface area is 163 Å². The van der Waals surface area contributed by atoms with E-state index in [-0.39, 0.29) is 0 Å². The van der Waals surface area contributed by atoms with Crippen molar-refractivity contribution in [3.05, 3.63) is 36.2 Å². The van der Waals surface area contributed by atoms with Gasteiger partial charge in [-0.05, 0) is 37.3 Å². The molecule has 2 aliphatic rings. The van der Waals surface area contributed by atoms with Gasteiger partial charge in [-0.2, -0.15) is 0 Å². The van der Waals surface area contributed by atoms with Crippen LogP contribution in [0.1, 0.15) is 110 Å². The third kappa shape index (κ3) is 8.60. The van der Waals surface area contributed by atoms with Crippen LogP contribution in [0.5, 0.6) is 0 Å². The Kier molecular flexibility index (Phi) is 11.6. The van der Waals surface area contributed by atoms with Crippen LogP contribution in [0.3, 0.4) is 0 Å². The molecule has 0 atom stereocenters. The van der Waals surface area contributed by atoms with Crippen molar-refractivity contribution >= 4 is 0 Å². The molecule has 0 radical (unpaired) electrons. The molecule has 1 heterocycles. The van der Waals surface area contributed by atoms with Crippen molar-refractivity contribution in [2.24, 2.45) is 5.92 Å². The quantitative estimate of drug-likeness (QED) is 0.251. The summed E-state index contributed by atoms with van der Waals surface area (Å²) in [5.74, 6) is 0.785. The monoisotopic (exact) mass is 357 g/mol. The summed E-state index contributed by atoms with van der Waals surface area (Å²) in [5, 5.41) is 0. The summed E-state index contributed by atoms with van der Waals surface area (Å²) < 4.78 is 0. The lowest BCUT2D eigenvalue weighted by atomic mass is 9.95. The Balaban J connectivity index is 1.63. The highest BCUT2D eigenvalue weighted by atomic mass is 15.1. The van der Waals surface area contributed by atoms with E-state index in [0.717, 1.165) is 5.92 Å². The van der Waals surface area contributed by atoms with E-state index in [1.54, 1.807) is 5.70 Å². The fourth-order valence-electron chi connectivity index (χ4n) is 4.47. The molecule has 0 aromatic heterocycles. The summed E-state index contributed by atoms with van der Waals surface area (Å²) in [7, 11) is 0. The number of allylic oxidation sites excluding steroid dienone is 5. The van der Waals surface area contributed by atoms with Crippen molar-refractivity contribution in [2.45, 2.75) is 110 Å². The Bertz CT molecular complexity index is 423. The molecule has 0 saturated heterocycles. The minimum Gasteiger partial charge on any atom is -0.351 e. The molecular formula is C25H43N. The molecule has 1 aliphatic heterocycles. The van der Waals surface area contributed by atoms with Crippen LogP contribution in [0.15, 0.2) is 36.2 Å². The lowest BCUT2D eigenvalue weighted by molar-refractivity contribution is 0.357. The maximum absolute atomic E-state index is 2.57. The first-order valence-corrected chi connectivity index (χ1v) is 11.7. The average Bonchev–Trinajstić information content (AvgIpc) is 3.06. The van der Waals surface area contributed by atoms with Gasteiger partial charge in [-0.15, -0.1) is 0 Å². The predicted molar refractivity (Wildman–Crippen MR) is 116 cm³/mol. The molecule has 1 nitrogen and oxygen atoms in total. The molecule has 26 heavy (non-hydrogen) atoms. The Morgan fingerprint density at radius 2 is 1.35 bits per heavy atom. The first kappa shape index (κ1) is 21.3. The Morgan fingerprint density at radius 1 is 0.731 bits per heavy atom. The lowest BCUT2D eigenvalue weighted by Gasteiger charge is -2.29. The second kappa shape index (κ2) is 14.1. The van der Waals surface area contributed by atoms with Gasteiger partial charge in [0.25, 0.3) is 0 Å². The van der Waals surface area contributed by atoms with E-state index in [1.807, 2.05) is 0 Å². The zero-order valence-electron chi connectivity index (χ0n) is 17.4. The highest BCUT2D eigenvalue weighted by Crippen LogP contribution is 2.31. The minimum atomic E-state index is 0.785. The summed E-state index contributed by atoms with van der Waals surface area (Å²) in [5.41, 5.74) is 1.59. The van der Waals surface area contributed by atoms with E-state index in [4.69, 9.17) is 0 Å². The number of hydrogen-bond donors (Lipinski definition) is 0. The van der Waals surface area contributed by atoms with Gasteiger partial charge in [0, 0.05) is 18.4 Å². The molecule has 0 N–H and O–H groups in total. The standard InChI is InChI=1S/C25H43N/c1-2-3-4-5-6-7-8-9-12-17-22-26-23-18-13-16-21-25(26)24-19-14-10-11-15-20-24/h13,16,18,21,23-24H,2-12,14-15,17,19-20,22H2,1H3. The first-order chi connectivity index (χ1) is 12.9. The number of nitrogens with zero attached hydrogens (tertiary/aromatic N) is 1. The zero-order valence-corrected chi connectivity index (χ0v) is 17.4. The molecule has 1 aliphatic carbocycles. The van der Waals surface area contributed by atoms with Gasteiger partial charge in [-0.1, -0.05) is 103 Å². The van der Waals surface area contributed by atoms with Crippen LogP contribution in [0.4, 0.5) is 0 Å². The van der Waals surface area contributed by atoms with Gasteiger partial charge in [-0.25, -0.2) is 0 Å². The van der Waals surface area contributed by atoms with Crippen LogP contribution in [-0.4, -0.2) is 11.4 Å². The molecule has 0 unspecified atom stereocenters. The average molecular weight is 358 g/mol. The van der Waals surface area contributed by atoms with Crippen molar-refractivity contribution < 1.29 is 0 Å². The largest absolute Gasteiger partial charge is 0.351 e. The van der Waals surface area contributed by atoms with Crippen LogP contribution in [0.2, 0.25) is 0 Å².